The summed E-state index contributed by atoms with van der Waals surface area (Å²) in [5, 5.41) is 0. The number of amides is 1. The Labute approximate surface area is 125 Å². The van der Waals surface area contributed by atoms with Crippen LogP contribution in [0.4, 0.5) is 5.69 Å². The number of nitrogens with zero attached hydrogens (tertiary/aromatic N) is 2. The minimum absolute atomic E-state index is 0.107. The van der Waals surface area contributed by atoms with Crippen LogP contribution in [0.5, 0.6) is 0 Å². The second-order valence-electron chi connectivity index (χ2n) is 5.92. The second kappa shape index (κ2) is 6.03. The molecule has 2 saturated heterocycles. The molecule has 0 spiro atoms. The highest BCUT2D eigenvalue weighted by Gasteiger charge is 2.31. The lowest BCUT2D eigenvalue weighted by molar-refractivity contribution is 0.0185. The number of nitrogens with two attached hydrogens (primary N) is 1. The SMILES string of the molecule is Cc1ccc(N)cc1C(=O)N1CCC(N2CCOCC2)C1. The van der Waals surface area contributed by atoms with Crippen molar-refractivity contribution in [3.05, 3.63) is 29.3 Å². The third-order valence-corrected chi connectivity index (χ3v) is 4.50. The lowest BCUT2D eigenvalue weighted by Gasteiger charge is -2.32. The highest BCUT2D eigenvalue weighted by atomic mass is 16.5. The first-order valence-electron chi connectivity index (χ1n) is 7.62. The average Bonchev–Trinajstić information content (AvgIpc) is 3.00. The molecular formula is C16H23N3O2. The van der Waals surface area contributed by atoms with E-state index in [0.717, 1.165) is 56.9 Å². The number of ether oxygens (including phenoxy) is 1. The molecule has 1 atom stereocenters. The molecule has 1 aromatic rings. The number of aryl methyl sites for hydroxylation is 1. The van der Waals surface area contributed by atoms with E-state index in [1.807, 2.05) is 24.0 Å². The lowest BCUT2D eigenvalue weighted by Crippen LogP contribution is -2.45. The number of anilines is 1. The van der Waals surface area contributed by atoms with E-state index < -0.39 is 0 Å². The zero-order valence-electron chi connectivity index (χ0n) is 12.5. The van der Waals surface area contributed by atoms with Crippen LogP contribution in [-0.2, 0) is 4.74 Å². The van der Waals surface area contributed by atoms with Gasteiger partial charge in [0.1, 0.15) is 0 Å². The molecule has 5 heteroatoms. The van der Waals surface area contributed by atoms with Gasteiger partial charge in [-0.25, -0.2) is 0 Å². The number of likely N-dealkylation sites (tertiary alicyclic amines) is 1. The molecule has 5 nitrogen and oxygen atoms in total. The van der Waals surface area contributed by atoms with Crippen LogP contribution in [-0.4, -0.2) is 61.1 Å². The minimum atomic E-state index is 0.107. The van der Waals surface area contributed by atoms with Crippen LogP contribution in [0.25, 0.3) is 0 Å². The Kier molecular flexibility index (Phi) is 4.12. The van der Waals surface area contributed by atoms with Gasteiger partial charge in [-0.2, -0.15) is 0 Å². The zero-order valence-corrected chi connectivity index (χ0v) is 12.5. The molecule has 3 rings (SSSR count). The number of hydrogen-bond donors (Lipinski definition) is 1. The Balaban J connectivity index is 1.67. The minimum Gasteiger partial charge on any atom is -0.399 e. The number of nitrogen functional groups attached to an aromatic ring is 1. The van der Waals surface area contributed by atoms with Crippen molar-refractivity contribution in [1.82, 2.24) is 9.80 Å². The summed E-state index contributed by atoms with van der Waals surface area (Å²) in [5.74, 6) is 0.107. The average molecular weight is 289 g/mol. The van der Waals surface area contributed by atoms with Gasteiger partial charge < -0.3 is 15.4 Å². The highest BCUT2D eigenvalue weighted by Crippen LogP contribution is 2.21. The molecule has 1 amide bonds. The van der Waals surface area contributed by atoms with Crippen LogP contribution in [0.2, 0.25) is 0 Å². The van der Waals surface area contributed by atoms with Gasteiger partial charge in [0.05, 0.1) is 13.2 Å². The van der Waals surface area contributed by atoms with E-state index in [4.69, 9.17) is 10.5 Å². The van der Waals surface area contributed by atoms with E-state index in [1.165, 1.54) is 0 Å². The van der Waals surface area contributed by atoms with Gasteiger partial charge in [0.25, 0.3) is 5.91 Å². The number of carbonyl (C=O) groups is 1. The lowest BCUT2D eigenvalue weighted by atomic mass is 10.1. The van der Waals surface area contributed by atoms with Crippen molar-refractivity contribution in [2.24, 2.45) is 0 Å². The number of rotatable bonds is 2. The molecule has 2 aliphatic rings. The van der Waals surface area contributed by atoms with E-state index in [1.54, 1.807) is 6.07 Å². The zero-order chi connectivity index (χ0) is 14.8. The summed E-state index contributed by atoms with van der Waals surface area (Å²) in [5.41, 5.74) is 8.19. The molecule has 2 heterocycles. The first-order valence-corrected chi connectivity index (χ1v) is 7.62. The molecule has 1 unspecified atom stereocenters. The van der Waals surface area contributed by atoms with Crippen molar-refractivity contribution in [3.63, 3.8) is 0 Å². The number of morpholine rings is 1. The standard InChI is InChI=1S/C16H23N3O2/c1-12-2-3-13(17)10-15(12)16(20)19-5-4-14(11-19)18-6-8-21-9-7-18/h2-3,10,14H,4-9,11,17H2,1H3. The van der Waals surface area contributed by atoms with Gasteiger partial charge in [-0.15, -0.1) is 0 Å². The molecular weight excluding hydrogens is 266 g/mol. The van der Waals surface area contributed by atoms with Crippen LogP contribution in [0.15, 0.2) is 18.2 Å². The van der Waals surface area contributed by atoms with Crippen molar-refractivity contribution in [2.45, 2.75) is 19.4 Å². The Bertz CT molecular complexity index is 526. The highest BCUT2D eigenvalue weighted by molar-refractivity contribution is 5.96. The first-order chi connectivity index (χ1) is 10.1. The third-order valence-electron chi connectivity index (χ3n) is 4.50. The molecule has 0 bridgehead atoms. The van der Waals surface area contributed by atoms with Crippen molar-refractivity contribution in [3.8, 4) is 0 Å². The predicted octanol–water partition coefficient (Wildman–Crippen LogP) is 1.12. The summed E-state index contributed by atoms with van der Waals surface area (Å²) in [7, 11) is 0. The van der Waals surface area contributed by atoms with Crippen molar-refractivity contribution in [2.75, 3.05) is 45.1 Å². The number of hydrogen-bond acceptors (Lipinski definition) is 4. The van der Waals surface area contributed by atoms with Crippen LogP contribution < -0.4 is 5.73 Å². The first kappa shape index (κ1) is 14.4. The molecule has 0 aromatic heterocycles. The van der Waals surface area contributed by atoms with Crippen LogP contribution >= 0.6 is 0 Å². The fraction of sp³-hybridized carbons (Fsp3) is 0.562. The van der Waals surface area contributed by atoms with Gasteiger partial charge >= 0.3 is 0 Å². The molecule has 2 aliphatic heterocycles. The Morgan fingerprint density at radius 1 is 1.29 bits per heavy atom. The maximum atomic E-state index is 12.7. The quantitative estimate of drug-likeness (QED) is 0.829. The van der Waals surface area contributed by atoms with Gasteiger partial charge in [-0.05, 0) is 31.0 Å². The number of benzene rings is 1. The van der Waals surface area contributed by atoms with Crippen molar-refractivity contribution < 1.29 is 9.53 Å². The normalized spacial score (nSPS) is 23.5. The van der Waals surface area contributed by atoms with Crippen molar-refractivity contribution >= 4 is 11.6 Å². The van der Waals surface area contributed by atoms with E-state index in [9.17, 15) is 4.79 Å². The van der Waals surface area contributed by atoms with E-state index in [2.05, 4.69) is 4.90 Å². The summed E-state index contributed by atoms with van der Waals surface area (Å²) < 4.78 is 5.40. The smallest absolute Gasteiger partial charge is 0.254 e. The Morgan fingerprint density at radius 2 is 2.05 bits per heavy atom. The molecule has 1 aromatic carbocycles. The maximum Gasteiger partial charge on any atom is 0.254 e. The summed E-state index contributed by atoms with van der Waals surface area (Å²) in [6.07, 6.45) is 1.05. The second-order valence-corrected chi connectivity index (χ2v) is 5.92. The Hall–Kier alpha value is -1.59. The fourth-order valence-electron chi connectivity index (χ4n) is 3.21. The van der Waals surface area contributed by atoms with Crippen LogP contribution in [0, 0.1) is 6.92 Å². The number of carbonyl (C=O) groups excluding carboxylic acids is 1. The third kappa shape index (κ3) is 3.04. The van der Waals surface area contributed by atoms with E-state index in [0.29, 0.717) is 11.7 Å². The van der Waals surface area contributed by atoms with Gasteiger partial charge in [-0.3, -0.25) is 9.69 Å². The van der Waals surface area contributed by atoms with Crippen LogP contribution in [0.1, 0.15) is 22.3 Å². The summed E-state index contributed by atoms with van der Waals surface area (Å²) in [6.45, 7) is 7.16. The maximum absolute atomic E-state index is 12.7. The van der Waals surface area contributed by atoms with Crippen LogP contribution in [0.3, 0.4) is 0 Å². The van der Waals surface area contributed by atoms with E-state index >= 15 is 0 Å². The monoisotopic (exact) mass is 289 g/mol. The van der Waals surface area contributed by atoms with Gasteiger partial charge in [-0.1, -0.05) is 6.07 Å². The molecule has 114 valence electrons. The fourth-order valence-corrected chi connectivity index (χ4v) is 3.21. The van der Waals surface area contributed by atoms with E-state index in [-0.39, 0.29) is 5.91 Å². The topological polar surface area (TPSA) is 58.8 Å². The molecule has 0 saturated carbocycles. The summed E-state index contributed by atoms with van der Waals surface area (Å²) in [4.78, 5) is 17.1. The molecule has 2 N–H and O–H groups in total. The van der Waals surface area contributed by atoms with Gasteiger partial charge in [0.15, 0.2) is 0 Å². The summed E-state index contributed by atoms with van der Waals surface area (Å²) >= 11 is 0. The Morgan fingerprint density at radius 3 is 2.81 bits per heavy atom. The molecule has 21 heavy (non-hydrogen) atoms. The van der Waals surface area contributed by atoms with Gasteiger partial charge in [0.2, 0.25) is 0 Å². The van der Waals surface area contributed by atoms with Crippen molar-refractivity contribution in [1.29, 1.82) is 0 Å². The molecule has 2 fully saturated rings. The molecule has 0 aliphatic carbocycles. The summed E-state index contributed by atoms with van der Waals surface area (Å²) in [6, 6.07) is 6.02. The van der Waals surface area contributed by atoms with Gasteiger partial charge in [0, 0.05) is 43.5 Å². The molecule has 0 radical (unpaired) electrons. The predicted molar refractivity (Wildman–Crippen MR) is 82.3 cm³/mol. The largest absolute Gasteiger partial charge is 0.399 e.